The molecule has 0 saturated heterocycles. The Labute approximate surface area is 179 Å². The van der Waals surface area contributed by atoms with Gasteiger partial charge in [0.05, 0.1) is 18.2 Å². The summed E-state index contributed by atoms with van der Waals surface area (Å²) in [6.07, 6.45) is 2.02. The van der Waals surface area contributed by atoms with Crippen molar-refractivity contribution < 1.29 is 23.8 Å². The topological polar surface area (TPSA) is 74.2 Å². The summed E-state index contributed by atoms with van der Waals surface area (Å²) in [4.78, 5) is 30.5. The molecule has 0 radical (unpaired) electrons. The van der Waals surface area contributed by atoms with Crippen LogP contribution in [0.15, 0.2) is 38.9 Å². The molecule has 0 fully saturated rings. The lowest BCUT2D eigenvalue weighted by atomic mass is 9.72. The van der Waals surface area contributed by atoms with E-state index in [1.54, 1.807) is 7.11 Å². The van der Waals surface area contributed by atoms with Gasteiger partial charge in [-0.05, 0) is 60.3 Å². The third kappa shape index (κ3) is 4.61. The molecule has 2 aliphatic rings. The Morgan fingerprint density at radius 3 is 2.76 bits per heavy atom. The summed E-state index contributed by atoms with van der Waals surface area (Å²) in [6.45, 7) is 4.81. The Bertz CT molecular complexity index is 861. The molecule has 0 aromatic heterocycles. The molecule has 0 spiro atoms. The van der Waals surface area contributed by atoms with Crippen molar-refractivity contribution >= 4 is 33.4 Å². The number of Topliss-reactive ketones (excluding diaryl/α,β-unsaturated/α-hetero) is 1. The smallest absolute Gasteiger partial charge is 0.315 e. The van der Waals surface area contributed by atoms with E-state index in [9.17, 15) is 9.59 Å². The normalized spacial score (nSPS) is 21.5. The van der Waals surface area contributed by atoms with Crippen molar-refractivity contribution in [1.82, 2.24) is 0 Å². The highest BCUT2D eigenvalue weighted by atomic mass is 79.9. The molecule has 1 heterocycles. The van der Waals surface area contributed by atoms with E-state index in [0.717, 1.165) is 28.6 Å². The summed E-state index contributed by atoms with van der Waals surface area (Å²) >= 11 is 3.52. The fourth-order valence-electron chi connectivity index (χ4n) is 3.98. The van der Waals surface area contributed by atoms with Gasteiger partial charge >= 0.3 is 5.97 Å². The summed E-state index contributed by atoms with van der Waals surface area (Å²) in [7, 11) is 1.60. The van der Waals surface area contributed by atoms with Crippen LogP contribution in [0.2, 0.25) is 0 Å². The zero-order chi connectivity index (χ0) is 21.0. The van der Waals surface area contributed by atoms with E-state index >= 15 is 0 Å². The van der Waals surface area contributed by atoms with Crippen molar-refractivity contribution in [3.05, 3.63) is 39.5 Å². The Hall–Kier alpha value is -1.99. The highest BCUT2D eigenvalue weighted by Crippen LogP contribution is 2.44. The first-order valence-electron chi connectivity index (χ1n) is 9.87. The van der Waals surface area contributed by atoms with E-state index < -0.39 is 11.8 Å². The van der Waals surface area contributed by atoms with Gasteiger partial charge in [0.1, 0.15) is 18.3 Å². The summed E-state index contributed by atoms with van der Waals surface area (Å²) in [5.41, 5.74) is 2.98. The number of carbonyl (C=O) groups excluding carboxylic acids is 2. The molecule has 6 nitrogen and oxygen atoms in total. The number of benzene rings is 1. The Kier molecular flexibility index (Phi) is 7.24. The lowest BCUT2D eigenvalue weighted by Crippen LogP contribution is -2.37. The molecule has 29 heavy (non-hydrogen) atoms. The van der Waals surface area contributed by atoms with Gasteiger partial charge in [0, 0.05) is 35.9 Å². The van der Waals surface area contributed by atoms with Crippen molar-refractivity contribution in [3.8, 4) is 5.75 Å². The molecule has 156 valence electrons. The number of allylic oxidation sites excluding steroid dienone is 2. The van der Waals surface area contributed by atoms with Gasteiger partial charge in [-0.1, -0.05) is 6.07 Å². The van der Waals surface area contributed by atoms with Gasteiger partial charge in [-0.25, -0.2) is 0 Å². The molecule has 0 N–H and O–H groups in total. The maximum absolute atomic E-state index is 13.0. The third-order valence-electron chi connectivity index (χ3n) is 5.30. The summed E-state index contributed by atoms with van der Waals surface area (Å²) < 4.78 is 16.8. The molecule has 2 atom stereocenters. The molecule has 1 aliphatic carbocycles. The highest BCUT2D eigenvalue weighted by molar-refractivity contribution is 9.10. The average molecular weight is 464 g/mol. The fraction of sp³-hybridized carbons (Fsp3) is 0.500. The van der Waals surface area contributed by atoms with E-state index in [4.69, 9.17) is 14.2 Å². The van der Waals surface area contributed by atoms with Gasteiger partial charge in [-0.2, -0.15) is 0 Å². The fourth-order valence-corrected chi connectivity index (χ4v) is 4.54. The number of hydrogen-bond acceptors (Lipinski definition) is 6. The summed E-state index contributed by atoms with van der Waals surface area (Å²) in [6, 6.07) is 5.65. The molecular weight excluding hydrogens is 438 g/mol. The SMILES string of the molecule is CCOCCOC(=O)C1C(C)=NC2=C(C(=O)CCC2)[C@@H]1c1ccc(OC)c(Br)c1. The van der Waals surface area contributed by atoms with Gasteiger partial charge in [0.25, 0.3) is 0 Å². The zero-order valence-corrected chi connectivity index (χ0v) is 18.6. The number of halogens is 1. The summed E-state index contributed by atoms with van der Waals surface area (Å²) in [5, 5.41) is 0. The number of esters is 1. The third-order valence-corrected chi connectivity index (χ3v) is 5.92. The van der Waals surface area contributed by atoms with Crippen LogP contribution in [0.5, 0.6) is 5.75 Å². The second kappa shape index (κ2) is 9.67. The van der Waals surface area contributed by atoms with Gasteiger partial charge in [0.15, 0.2) is 5.78 Å². The van der Waals surface area contributed by atoms with E-state index in [1.807, 2.05) is 32.0 Å². The second-order valence-electron chi connectivity index (χ2n) is 7.10. The molecule has 0 amide bonds. The van der Waals surface area contributed by atoms with Crippen molar-refractivity contribution in [2.75, 3.05) is 26.9 Å². The van der Waals surface area contributed by atoms with Crippen LogP contribution in [0.3, 0.4) is 0 Å². The minimum atomic E-state index is -0.641. The van der Waals surface area contributed by atoms with Crippen LogP contribution in [-0.2, 0) is 19.1 Å². The number of nitrogens with zero attached hydrogens (tertiary/aromatic N) is 1. The lowest BCUT2D eigenvalue weighted by molar-refractivity contribution is -0.148. The molecule has 3 rings (SSSR count). The van der Waals surface area contributed by atoms with E-state index in [1.165, 1.54) is 0 Å². The molecule has 7 heteroatoms. The van der Waals surface area contributed by atoms with Gasteiger partial charge in [-0.3, -0.25) is 14.6 Å². The highest BCUT2D eigenvalue weighted by Gasteiger charge is 2.43. The molecule has 1 aromatic carbocycles. The predicted molar refractivity (Wildman–Crippen MR) is 113 cm³/mol. The number of rotatable bonds is 7. The van der Waals surface area contributed by atoms with Crippen LogP contribution in [0.4, 0.5) is 0 Å². The Balaban J connectivity index is 2.00. The number of hydrogen-bond donors (Lipinski definition) is 0. The van der Waals surface area contributed by atoms with Crippen molar-refractivity contribution in [2.45, 2.75) is 39.0 Å². The molecule has 1 aromatic rings. The zero-order valence-electron chi connectivity index (χ0n) is 17.0. The first-order chi connectivity index (χ1) is 14.0. The van der Waals surface area contributed by atoms with Crippen LogP contribution in [0, 0.1) is 5.92 Å². The quantitative estimate of drug-likeness (QED) is 0.446. The Morgan fingerprint density at radius 1 is 1.28 bits per heavy atom. The predicted octanol–water partition coefficient (Wildman–Crippen LogP) is 4.22. The molecular formula is C22H26BrNO5. The Morgan fingerprint density at radius 2 is 2.07 bits per heavy atom. The van der Waals surface area contributed by atoms with Crippen LogP contribution >= 0.6 is 15.9 Å². The largest absolute Gasteiger partial charge is 0.496 e. The molecule has 1 aliphatic heterocycles. The van der Waals surface area contributed by atoms with Crippen molar-refractivity contribution in [1.29, 1.82) is 0 Å². The van der Waals surface area contributed by atoms with E-state index in [-0.39, 0.29) is 18.4 Å². The van der Waals surface area contributed by atoms with E-state index in [2.05, 4.69) is 20.9 Å². The average Bonchev–Trinajstić information content (AvgIpc) is 2.70. The number of methoxy groups -OCH3 is 1. The van der Waals surface area contributed by atoms with Crippen LogP contribution < -0.4 is 4.74 Å². The minimum absolute atomic E-state index is 0.0616. The standard InChI is InChI=1S/C22H26BrNO5/c1-4-28-10-11-29-22(26)19-13(2)24-16-6-5-7-17(25)21(16)20(19)14-8-9-18(27-3)15(23)12-14/h8-9,12,19-20H,4-7,10-11H2,1-3H3/t19?,20-/m1/s1. The van der Waals surface area contributed by atoms with Gasteiger partial charge in [-0.15, -0.1) is 0 Å². The number of ether oxygens (including phenoxy) is 3. The maximum Gasteiger partial charge on any atom is 0.315 e. The minimum Gasteiger partial charge on any atom is -0.496 e. The molecule has 0 saturated carbocycles. The molecule has 1 unspecified atom stereocenters. The van der Waals surface area contributed by atoms with Crippen molar-refractivity contribution in [2.24, 2.45) is 10.9 Å². The van der Waals surface area contributed by atoms with Crippen molar-refractivity contribution in [3.63, 3.8) is 0 Å². The van der Waals surface area contributed by atoms with E-state index in [0.29, 0.717) is 36.7 Å². The first kappa shape index (κ1) is 21.7. The summed E-state index contributed by atoms with van der Waals surface area (Å²) in [5.74, 6) is -0.691. The van der Waals surface area contributed by atoms with Crippen LogP contribution in [0.25, 0.3) is 0 Å². The maximum atomic E-state index is 13.0. The number of ketones is 1. The number of carbonyl (C=O) groups is 2. The molecule has 0 bridgehead atoms. The lowest BCUT2D eigenvalue weighted by Gasteiger charge is -2.34. The second-order valence-corrected chi connectivity index (χ2v) is 7.96. The van der Waals surface area contributed by atoms with Crippen LogP contribution in [-0.4, -0.2) is 44.4 Å². The monoisotopic (exact) mass is 463 g/mol. The van der Waals surface area contributed by atoms with Crippen LogP contribution in [0.1, 0.15) is 44.6 Å². The number of aliphatic imine (C=N–C) groups is 1. The first-order valence-corrected chi connectivity index (χ1v) is 10.7. The van der Waals surface area contributed by atoms with Gasteiger partial charge in [0.2, 0.25) is 0 Å². The van der Waals surface area contributed by atoms with Gasteiger partial charge < -0.3 is 14.2 Å².